The van der Waals surface area contributed by atoms with Crippen LogP contribution in [0.1, 0.15) is 24.5 Å². The number of halogens is 1. The number of carbonyl (C=O) groups is 2. The summed E-state index contributed by atoms with van der Waals surface area (Å²) >= 11 is 5.85. The van der Waals surface area contributed by atoms with Gasteiger partial charge in [0.25, 0.3) is 0 Å². The van der Waals surface area contributed by atoms with Crippen molar-refractivity contribution in [2.75, 3.05) is 6.54 Å². The molecule has 0 unspecified atom stereocenters. The molecule has 0 spiro atoms. The number of carbonyl (C=O) groups excluding carboxylic acids is 2. The highest BCUT2D eigenvalue weighted by Crippen LogP contribution is 2.15. The summed E-state index contributed by atoms with van der Waals surface area (Å²) in [6, 6.07) is 14.6. The molecular formula is C19H20ClN3O3. The van der Waals surface area contributed by atoms with E-state index in [4.69, 9.17) is 16.3 Å². The Labute approximate surface area is 157 Å². The number of rotatable bonds is 7. The lowest BCUT2D eigenvalue weighted by molar-refractivity contribution is -0.139. The zero-order chi connectivity index (χ0) is 18.8. The van der Waals surface area contributed by atoms with Crippen LogP contribution in [0.5, 0.6) is 5.75 Å². The van der Waals surface area contributed by atoms with Crippen molar-refractivity contribution < 1.29 is 14.3 Å². The molecule has 0 aliphatic rings. The number of ether oxygens (including phenoxy) is 1. The van der Waals surface area contributed by atoms with E-state index in [0.717, 1.165) is 17.5 Å². The van der Waals surface area contributed by atoms with E-state index in [2.05, 4.69) is 15.8 Å². The summed E-state index contributed by atoms with van der Waals surface area (Å²) in [4.78, 5) is 22.8. The molecule has 0 aromatic heterocycles. The molecule has 0 aliphatic heterocycles. The maximum Gasteiger partial charge on any atom is 0.329 e. The minimum absolute atomic E-state index is 0.438. The highest BCUT2D eigenvalue weighted by atomic mass is 35.5. The predicted molar refractivity (Wildman–Crippen MR) is 101 cm³/mol. The predicted octanol–water partition coefficient (Wildman–Crippen LogP) is 2.90. The fourth-order valence-corrected chi connectivity index (χ4v) is 2.06. The lowest BCUT2D eigenvalue weighted by Gasteiger charge is -2.06. The quantitative estimate of drug-likeness (QED) is 0.445. The van der Waals surface area contributed by atoms with Gasteiger partial charge in [-0.25, -0.2) is 5.43 Å². The number of nitrogens with one attached hydrogen (secondary N) is 2. The molecule has 0 bridgehead atoms. The molecule has 2 amide bonds. The average Bonchev–Trinajstić information content (AvgIpc) is 2.66. The second-order valence-corrected chi connectivity index (χ2v) is 5.88. The first-order valence-electron chi connectivity index (χ1n) is 8.17. The number of hydrogen-bond donors (Lipinski definition) is 2. The standard InChI is InChI=1S/C19H20ClN3O3/c1-2-11-21-18(24)19(25)23-22-12-14-5-9-17(10-6-14)26-13-15-3-7-16(20)8-4-15/h3-10,12H,2,11,13H2,1H3,(H,21,24)(H,23,25)/b22-12+. The number of benzene rings is 2. The van der Waals surface area contributed by atoms with Crippen LogP contribution in [0.25, 0.3) is 0 Å². The Balaban J connectivity index is 1.80. The number of hydrogen-bond acceptors (Lipinski definition) is 4. The molecule has 0 saturated heterocycles. The van der Waals surface area contributed by atoms with Crippen LogP contribution < -0.4 is 15.5 Å². The van der Waals surface area contributed by atoms with E-state index in [1.807, 2.05) is 31.2 Å². The van der Waals surface area contributed by atoms with Crippen LogP contribution in [-0.4, -0.2) is 24.6 Å². The summed E-state index contributed by atoms with van der Waals surface area (Å²) in [5.41, 5.74) is 3.96. The van der Waals surface area contributed by atoms with Gasteiger partial charge in [-0.05, 0) is 53.9 Å². The van der Waals surface area contributed by atoms with Gasteiger partial charge in [0.2, 0.25) is 0 Å². The number of hydrazone groups is 1. The van der Waals surface area contributed by atoms with Crippen LogP contribution in [0.2, 0.25) is 5.02 Å². The normalized spacial score (nSPS) is 10.5. The van der Waals surface area contributed by atoms with Crippen molar-refractivity contribution in [1.29, 1.82) is 0 Å². The molecule has 26 heavy (non-hydrogen) atoms. The molecule has 0 aliphatic carbocycles. The minimum atomic E-state index is -0.794. The summed E-state index contributed by atoms with van der Waals surface area (Å²) in [6.45, 7) is 2.79. The van der Waals surface area contributed by atoms with Crippen molar-refractivity contribution in [1.82, 2.24) is 10.7 Å². The van der Waals surface area contributed by atoms with E-state index in [1.165, 1.54) is 6.21 Å². The molecule has 0 saturated carbocycles. The molecule has 136 valence electrons. The molecule has 2 N–H and O–H groups in total. The van der Waals surface area contributed by atoms with E-state index < -0.39 is 11.8 Å². The van der Waals surface area contributed by atoms with Gasteiger partial charge in [-0.3, -0.25) is 9.59 Å². The van der Waals surface area contributed by atoms with Crippen LogP contribution in [0, 0.1) is 0 Å². The van der Waals surface area contributed by atoms with E-state index in [0.29, 0.717) is 23.9 Å². The van der Waals surface area contributed by atoms with E-state index in [1.54, 1.807) is 24.3 Å². The van der Waals surface area contributed by atoms with Crippen LogP contribution in [-0.2, 0) is 16.2 Å². The second kappa shape index (κ2) is 10.2. The lowest BCUT2D eigenvalue weighted by atomic mass is 10.2. The molecule has 2 rings (SSSR count). The van der Waals surface area contributed by atoms with Crippen molar-refractivity contribution in [2.45, 2.75) is 20.0 Å². The van der Waals surface area contributed by atoms with Crippen molar-refractivity contribution in [3.05, 3.63) is 64.7 Å². The van der Waals surface area contributed by atoms with Gasteiger partial charge < -0.3 is 10.1 Å². The van der Waals surface area contributed by atoms with Gasteiger partial charge in [0.15, 0.2) is 0 Å². The third-order valence-corrected chi connectivity index (χ3v) is 3.57. The highest BCUT2D eigenvalue weighted by molar-refractivity contribution is 6.35. The Morgan fingerprint density at radius 1 is 1.08 bits per heavy atom. The third-order valence-electron chi connectivity index (χ3n) is 3.32. The largest absolute Gasteiger partial charge is 0.489 e. The molecule has 2 aromatic rings. The maximum absolute atomic E-state index is 11.5. The summed E-state index contributed by atoms with van der Waals surface area (Å²) < 4.78 is 5.69. The van der Waals surface area contributed by atoms with Crippen LogP contribution in [0.3, 0.4) is 0 Å². The molecule has 7 heteroatoms. The van der Waals surface area contributed by atoms with Crippen LogP contribution >= 0.6 is 11.6 Å². The maximum atomic E-state index is 11.5. The molecule has 6 nitrogen and oxygen atoms in total. The molecule has 0 heterocycles. The van der Waals surface area contributed by atoms with Gasteiger partial charge in [-0.2, -0.15) is 5.10 Å². The molecule has 2 aromatic carbocycles. The smallest absolute Gasteiger partial charge is 0.329 e. The molecular weight excluding hydrogens is 354 g/mol. The van der Waals surface area contributed by atoms with Gasteiger partial charge in [0.05, 0.1) is 6.21 Å². The monoisotopic (exact) mass is 373 g/mol. The van der Waals surface area contributed by atoms with E-state index in [9.17, 15) is 9.59 Å². The number of nitrogens with zero attached hydrogens (tertiary/aromatic N) is 1. The minimum Gasteiger partial charge on any atom is -0.489 e. The Morgan fingerprint density at radius 3 is 2.42 bits per heavy atom. The van der Waals surface area contributed by atoms with Crippen molar-refractivity contribution >= 4 is 29.6 Å². The average molecular weight is 374 g/mol. The Kier molecular flexibility index (Phi) is 7.64. The Bertz CT molecular complexity index is 759. The SMILES string of the molecule is CCCNC(=O)C(=O)N/N=C/c1ccc(OCc2ccc(Cl)cc2)cc1. The first kappa shape index (κ1) is 19.5. The first-order valence-corrected chi connectivity index (χ1v) is 8.55. The fourth-order valence-electron chi connectivity index (χ4n) is 1.93. The molecule has 0 fully saturated rings. The van der Waals surface area contributed by atoms with E-state index >= 15 is 0 Å². The zero-order valence-electron chi connectivity index (χ0n) is 14.4. The third kappa shape index (κ3) is 6.57. The van der Waals surface area contributed by atoms with E-state index in [-0.39, 0.29) is 0 Å². The highest BCUT2D eigenvalue weighted by Gasteiger charge is 2.10. The summed E-state index contributed by atoms with van der Waals surface area (Å²) in [6.07, 6.45) is 2.21. The molecule has 0 radical (unpaired) electrons. The first-order chi connectivity index (χ1) is 12.6. The van der Waals surface area contributed by atoms with Crippen molar-refractivity contribution in [2.24, 2.45) is 5.10 Å². The van der Waals surface area contributed by atoms with Gasteiger partial charge in [0, 0.05) is 11.6 Å². The summed E-state index contributed by atoms with van der Waals surface area (Å²) in [7, 11) is 0. The second-order valence-electron chi connectivity index (χ2n) is 5.44. The van der Waals surface area contributed by atoms with Crippen molar-refractivity contribution in [3.63, 3.8) is 0 Å². The van der Waals surface area contributed by atoms with Gasteiger partial charge in [-0.15, -0.1) is 0 Å². The fraction of sp³-hybridized carbons (Fsp3) is 0.211. The Hall–Kier alpha value is -2.86. The van der Waals surface area contributed by atoms with Gasteiger partial charge in [0.1, 0.15) is 12.4 Å². The van der Waals surface area contributed by atoms with Crippen LogP contribution in [0.15, 0.2) is 53.6 Å². The van der Waals surface area contributed by atoms with Crippen LogP contribution in [0.4, 0.5) is 0 Å². The van der Waals surface area contributed by atoms with Gasteiger partial charge in [-0.1, -0.05) is 30.7 Å². The van der Waals surface area contributed by atoms with Gasteiger partial charge >= 0.3 is 11.8 Å². The number of amides is 2. The topological polar surface area (TPSA) is 79.8 Å². The van der Waals surface area contributed by atoms with Crippen molar-refractivity contribution in [3.8, 4) is 5.75 Å². The summed E-state index contributed by atoms with van der Waals surface area (Å²) in [5, 5.41) is 6.92. The zero-order valence-corrected chi connectivity index (χ0v) is 15.1. The molecule has 0 atom stereocenters. The lowest BCUT2D eigenvalue weighted by Crippen LogP contribution is -2.38. The Morgan fingerprint density at radius 2 is 1.77 bits per heavy atom. The summed E-state index contributed by atoms with van der Waals surface area (Å²) in [5.74, 6) is -0.785.